The maximum Gasteiger partial charge on any atom is 0.0551 e. The largest absolute Gasteiger partial charge is 0.378 e. The van der Waals surface area contributed by atoms with Crippen LogP contribution in [0.1, 0.15) is 52.4 Å². The lowest BCUT2D eigenvalue weighted by atomic mass is 9.85. The first-order valence-electron chi connectivity index (χ1n) is 7.35. The van der Waals surface area contributed by atoms with Gasteiger partial charge in [0.15, 0.2) is 0 Å². The van der Waals surface area contributed by atoms with Crippen LogP contribution in [-0.4, -0.2) is 25.3 Å². The summed E-state index contributed by atoms with van der Waals surface area (Å²) in [6.45, 7) is 6.52. The third-order valence-corrected chi connectivity index (χ3v) is 4.04. The summed E-state index contributed by atoms with van der Waals surface area (Å²) in [4.78, 5) is 0. The molecule has 0 aromatic heterocycles. The Morgan fingerprint density at radius 1 is 1.47 bits per heavy atom. The predicted octanol–water partition coefficient (Wildman–Crippen LogP) is 3.28. The Morgan fingerprint density at radius 2 is 2.35 bits per heavy atom. The van der Waals surface area contributed by atoms with Gasteiger partial charge in [0, 0.05) is 12.0 Å². The highest BCUT2D eigenvalue weighted by Gasteiger charge is 2.31. The molecule has 1 aliphatic carbocycles. The van der Waals surface area contributed by atoms with Crippen molar-refractivity contribution in [1.29, 1.82) is 0 Å². The monoisotopic (exact) mass is 237 g/mol. The molecule has 0 radical (unpaired) electrons. The molecule has 1 saturated heterocycles. The molecule has 2 rings (SSSR count). The standard InChI is InChI=1S/C15H27NO/c1-3-9-16-15(13-7-5-4-6-8-13)14-10-12(2)17-11-14/h7,12,14-16H,3-6,8-11H2,1-2H3. The molecule has 3 atom stereocenters. The number of hydrogen-bond donors (Lipinski definition) is 1. The Kier molecular flexibility index (Phi) is 5.05. The van der Waals surface area contributed by atoms with Gasteiger partial charge in [-0.1, -0.05) is 18.6 Å². The smallest absolute Gasteiger partial charge is 0.0551 e. The van der Waals surface area contributed by atoms with Crippen molar-refractivity contribution in [3.05, 3.63) is 11.6 Å². The van der Waals surface area contributed by atoms with Crippen molar-refractivity contribution in [3.63, 3.8) is 0 Å². The van der Waals surface area contributed by atoms with Gasteiger partial charge in [0.2, 0.25) is 0 Å². The molecule has 0 aromatic rings. The summed E-state index contributed by atoms with van der Waals surface area (Å²) in [6, 6.07) is 0.584. The lowest BCUT2D eigenvalue weighted by Gasteiger charge is -2.28. The highest BCUT2D eigenvalue weighted by molar-refractivity contribution is 5.15. The van der Waals surface area contributed by atoms with Gasteiger partial charge in [-0.25, -0.2) is 0 Å². The number of nitrogens with one attached hydrogen (secondary N) is 1. The van der Waals surface area contributed by atoms with Crippen molar-refractivity contribution in [1.82, 2.24) is 5.32 Å². The zero-order chi connectivity index (χ0) is 12.1. The van der Waals surface area contributed by atoms with E-state index in [1.165, 1.54) is 38.5 Å². The van der Waals surface area contributed by atoms with Gasteiger partial charge in [-0.3, -0.25) is 0 Å². The molecule has 1 aliphatic heterocycles. The Balaban J connectivity index is 1.99. The summed E-state index contributed by atoms with van der Waals surface area (Å²) in [6.07, 6.45) is 10.7. The van der Waals surface area contributed by atoms with Gasteiger partial charge in [-0.2, -0.15) is 0 Å². The molecule has 2 aliphatic rings. The molecular formula is C15H27NO. The fraction of sp³-hybridized carbons (Fsp3) is 0.867. The van der Waals surface area contributed by atoms with Gasteiger partial charge in [-0.05, 0) is 52.0 Å². The van der Waals surface area contributed by atoms with E-state index < -0.39 is 0 Å². The average molecular weight is 237 g/mol. The van der Waals surface area contributed by atoms with Gasteiger partial charge in [0.1, 0.15) is 0 Å². The number of rotatable bonds is 5. The van der Waals surface area contributed by atoms with Crippen molar-refractivity contribution >= 4 is 0 Å². The van der Waals surface area contributed by atoms with Crippen LogP contribution in [0.15, 0.2) is 11.6 Å². The summed E-state index contributed by atoms with van der Waals surface area (Å²) in [5.74, 6) is 0.695. The van der Waals surface area contributed by atoms with Crippen LogP contribution in [0.3, 0.4) is 0 Å². The van der Waals surface area contributed by atoms with Crippen molar-refractivity contribution < 1.29 is 4.74 Å². The van der Waals surface area contributed by atoms with E-state index in [9.17, 15) is 0 Å². The van der Waals surface area contributed by atoms with E-state index in [1.54, 1.807) is 5.57 Å². The molecule has 0 spiro atoms. The lowest BCUT2D eigenvalue weighted by Crippen LogP contribution is -2.39. The van der Waals surface area contributed by atoms with Crippen molar-refractivity contribution in [3.8, 4) is 0 Å². The Bertz CT molecular complexity index is 262. The molecule has 1 heterocycles. The van der Waals surface area contributed by atoms with Crippen molar-refractivity contribution in [2.45, 2.75) is 64.5 Å². The summed E-state index contributed by atoms with van der Waals surface area (Å²) in [7, 11) is 0. The second-order valence-electron chi connectivity index (χ2n) is 5.60. The SMILES string of the molecule is CCCNC(C1=CCCCC1)C1COC(C)C1. The second kappa shape index (κ2) is 6.55. The minimum Gasteiger partial charge on any atom is -0.378 e. The normalized spacial score (nSPS) is 31.3. The van der Waals surface area contributed by atoms with Crippen molar-refractivity contribution in [2.75, 3.05) is 13.2 Å². The molecule has 0 bridgehead atoms. The van der Waals surface area contributed by atoms with Crippen LogP contribution in [0.5, 0.6) is 0 Å². The molecule has 0 aromatic carbocycles. The van der Waals surface area contributed by atoms with E-state index in [0.717, 1.165) is 13.2 Å². The Morgan fingerprint density at radius 3 is 2.94 bits per heavy atom. The average Bonchev–Trinajstić information content (AvgIpc) is 2.78. The summed E-state index contributed by atoms with van der Waals surface area (Å²) < 4.78 is 5.75. The number of ether oxygens (including phenoxy) is 1. The Hall–Kier alpha value is -0.340. The molecule has 1 N–H and O–H groups in total. The molecule has 2 nitrogen and oxygen atoms in total. The fourth-order valence-corrected chi connectivity index (χ4v) is 3.13. The molecule has 17 heavy (non-hydrogen) atoms. The van der Waals surface area contributed by atoms with E-state index >= 15 is 0 Å². The third-order valence-electron chi connectivity index (χ3n) is 4.04. The lowest BCUT2D eigenvalue weighted by molar-refractivity contribution is 0.118. The van der Waals surface area contributed by atoms with Crippen LogP contribution >= 0.6 is 0 Å². The van der Waals surface area contributed by atoms with E-state index in [0.29, 0.717) is 18.1 Å². The maximum absolute atomic E-state index is 5.75. The zero-order valence-corrected chi connectivity index (χ0v) is 11.4. The number of allylic oxidation sites excluding steroid dienone is 1. The first-order chi connectivity index (χ1) is 8.31. The van der Waals surface area contributed by atoms with E-state index in [4.69, 9.17) is 4.74 Å². The first-order valence-corrected chi connectivity index (χ1v) is 7.35. The first kappa shape index (κ1) is 13.1. The van der Waals surface area contributed by atoms with Crippen LogP contribution in [-0.2, 0) is 4.74 Å². The summed E-state index contributed by atoms with van der Waals surface area (Å²) in [5, 5.41) is 3.75. The molecule has 0 amide bonds. The second-order valence-corrected chi connectivity index (χ2v) is 5.60. The van der Waals surface area contributed by atoms with Gasteiger partial charge in [0.05, 0.1) is 12.7 Å². The quantitative estimate of drug-likeness (QED) is 0.741. The zero-order valence-electron chi connectivity index (χ0n) is 11.4. The molecule has 2 heteroatoms. The summed E-state index contributed by atoms with van der Waals surface area (Å²) >= 11 is 0. The van der Waals surface area contributed by atoms with E-state index in [1.807, 2.05) is 0 Å². The van der Waals surface area contributed by atoms with Crippen LogP contribution in [0.25, 0.3) is 0 Å². The predicted molar refractivity (Wildman–Crippen MR) is 72.2 cm³/mol. The van der Waals surface area contributed by atoms with Gasteiger partial charge in [0.25, 0.3) is 0 Å². The Labute approximate surface area is 106 Å². The van der Waals surface area contributed by atoms with Gasteiger partial charge >= 0.3 is 0 Å². The highest BCUT2D eigenvalue weighted by atomic mass is 16.5. The van der Waals surface area contributed by atoms with Gasteiger partial charge in [-0.15, -0.1) is 0 Å². The minimum atomic E-state index is 0.454. The maximum atomic E-state index is 5.75. The molecule has 98 valence electrons. The fourth-order valence-electron chi connectivity index (χ4n) is 3.13. The van der Waals surface area contributed by atoms with Crippen LogP contribution in [0.2, 0.25) is 0 Å². The molecule has 0 saturated carbocycles. The minimum absolute atomic E-state index is 0.454. The number of hydrogen-bond acceptors (Lipinski definition) is 2. The van der Waals surface area contributed by atoms with E-state index in [-0.39, 0.29) is 0 Å². The molecular weight excluding hydrogens is 210 g/mol. The van der Waals surface area contributed by atoms with E-state index in [2.05, 4.69) is 25.2 Å². The highest BCUT2D eigenvalue weighted by Crippen LogP contribution is 2.30. The van der Waals surface area contributed by atoms with Gasteiger partial charge < -0.3 is 10.1 Å². The molecule has 1 fully saturated rings. The van der Waals surface area contributed by atoms with Crippen LogP contribution in [0.4, 0.5) is 0 Å². The topological polar surface area (TPSA) is 21.3 Å². The van der Waals surface area contributed by atoms with Crippen molar-refractivity contribution in [2.24, 2.45) is 5.92 Å². The van der Waals surface area contributed by atoms with Crippen LogP contribution in [0, 0.1) is 5.92 Å². The molecule has 3 unspecified atom stereocenters. The third kappa shape index (κ3) is 3.56. The van der Waals surface area contributed by atoms with Crippen LogP contribution < -0.4 is 5.32 Å². The summed E-state index contributed by atoms with van der Waals surface area (Å²) in [5.41, 5.74) is 1.66.